The van der Waals surface area contributed by atoms with Crippen LogP contribution in [0.2, 0.25) is 5.02 Å². The van der Waals surface area contributed by atoms with Crippen molar-refractivity contribution in [1.82, 2.24) is 9.88 Å². The zero-order valence-corrected chi connectivity index (χ0v) is 20.2. The second kappa shape index (κ2) is 9.95. The van der Waals surface area contributed by atoms with Gasteiger partial charge in [0, 0.05) is 22.5 Å². The van der Waals surface area contributed by atoms with Crippen LogP contribution in [-0.4, -0.2) is 32.6 Å². The zero-order valence-electron chi connectivity index (χ0n) is 17.0. The van der Waals surface area contributed by atoms with Gasteiger partial charge in [0.15, 0.2) is 5.13 Å². The molecular formula is C23H18ClN3O2S3. The van der Waals surface area contributed by atoms with Crippen molar-refractivity contribution < 1.29 is 9.59 Å². The van der Waals surface area contributed by atoms with Gasteiger partial charge in [0.2, 0.25) is 5.91 Å². The number of anilines is 1. The van der Waals surface area contributed by atoms with Gasteiger partial charge in [-0.05, 0) is 30.2 Å². The smallest absolute Gasteiger partial charge is 0.266 e. The number of nitrogens with one attached hydrogen (secondary N) is 1. The van der Waals surface area contributed by atoms with E-state index in [9.17, 15) is 9.59 Å². The SMILES string of the molecule is Cc1ccc(/C=C2/SC(=S)N(CC(=O)Nc3ncc(Cc4ccccc4Cl)s3)C2=O)cc1. The third kappa shape index (κ3) is 5.45. The molecule has 1 N–H and O–H groups in total. The van der Waals surface area contributed by atoms with E-state index >= 15 is 0 Å². The molecule has 3 aromatic rings. The van der Waals surface area contributed by atoms with Crippen molar-refractivity contribution in [3.8, 4) is 0 Å². The van der Waals surface area contributed by atoms with Crippen molar-refractivity contribution in [3.05, 3.63) is 86.2 Å². The van der Waals surface area contributed by atoms with Crippen molar-refractivity contribution >= 4 is 74.3 Å². The van der Waals surface area contributed by atoms with E-state index in [-0.39, 0.29) is 18.4 Å². The summed E-state index contributed by atoms with van der Waals surface area (Å²) >= 11 is 14.1. The lowest BCUT2D eigenvalue weighted by atomic mass is 10.1. The highest BCUT2D eigenvalue weighted by molar-refractivity contribution is 8.26. The van der Waals surface area contributed by atoms with Crippen LogP contribution in [0.5, 0.6) is 0 Å². The maximum atomic E-state index is 12.8. The molecule has 0 radical (unpaired) electrons. The first kappa shape index (κ1) is 22.7. The average molecular weight is 500 g/mol. The summed E-state index contributed by atoms with van der Waals surface area (Å²) in [6, 6.07) is 15.5. The number of aromatic nitrogens is 1. The second-order valence-corrected chi connectivity index (χ2v) is 10.3. The second-order valence-electron chi connectivity index (χ2n) is 7.13. The molecular weight excluding hydrogens is 482 g/mol. The van der Waals surface area contributed by atoms with Gasteiger partial charge in [0.1, 0.15) is 10.9 Å². The first-order chi connectivity index (χ1) is 15.4. The average Bonchev–Trinajstić information content (AvgIpc) is 3.30. The van der Waals surface area contributed by atoms with Crippen LogP contribution in [0, 0.1) is 6.92 Å². The molecule has 162 valence electrons. The highest BCUT2D eigenvalue weighted by Gasteiger charge is 2.33. The maximum Gasteiger partial charge on any atom is 0.266 e. The van der Waals surface area contributed by atoms with Crippen molar-refractivity contribution in [3.63, 3.8) is 0 Å². The molecule has 1 aliphatic rings. The molecule has 0 unspecified atom stereocenters. The van der Waals surface area contributed by atoms with Crippen LogP contribution in [-0.2, 0) is 16.0 Å². The minimum Gasteiger partial charge on any atom is -0.300 e. The number of thiazole rings is 1. The van der Waals surface area contributed by atoms with Crippen molar-refractivity contribution in [2.24, 2.45) is 0 Å². The molecule has 0 atom stereocenters. The van der Waals surface area contributed by atoms with Crippen LogP contribution in [0.15, 0.2) is 59.6 Å². The molecule has 1 aliphatic heterocycles. The summed E-state index contributed by atoms with van der Waals surface area (Å²) in [4.78, 5) is 32.3. The van der Waals surface area contributed by atoms with Gasteiger partial charge in [-0.25, -0.2) is 4.98 Å². The monoisotopic (exact) mass is 499 g/mol. The predicted octanol–water partition coefficient (Wildman–Crippen LogP) is 5.54. The normalized spacial score (nSPS) is 14.9. The Morgan fingerprint density at radius 3 is 2.72 bits per heavy atom. The summed E-state index contributed by atoms with van der Waals surface area (Å²) in [5.41, 5.74) is 3.05. The van der Waals surface area contributed by atoms with Crippen LogP contribution < -0.4 is 5.32 Å². The fraction of sp³-hybridized carbons (Fsp3) is 0.130. The number of nitrogens with zero attached hydrogens (tertiary/aromatic N) is 2. The molecule has 4 rings (SSSR count). The van der Waals surface area contributed by atoms with E-state index in [0.717, 1.165) is 21.6 Å². The quantitative estimate of drug-likeness (QED) is 0.356. The van der Waals surface area contributed by atoms with E-state index in [1.54, 1.807) is 12.3 Å². The third-order valence-electron chi connectivity index (χ3n) is 4.67. The summed E-state index contributed by atoms with van der Waals surface area (Å²) in [5, 5.41) is 3.92. The number of halogens is 1. The van der Waals surface area contributed by atoms with Gasteiger partial charge in [0.05, 0.1) is 4.91 Å². The summed E-state index contributed by atoms with van der Waals surface area (Å²) < 4.78 is 0.363. The molecule has 1 fully saturated rings. The Morgan fingerprint density at radius 1 is 1.22 bits per heavy atom. The lowest BCUT2D eigenvalue weighted by Crippen LogP contribution is -2.36. The maximum absolute atomic E-state index is 12.8. The molecule has 2 heterocycles. The van der Waals surface area contributed by atoms with E-state index in [4.69, 9.17) is 23.8 Å². The number of thioether (sulfide) groups is 1. The predicted molar refractivity (Wildman–Crippen MR) is 136 cm³/mol. The van der Waals surface area contributed by atoms with E-state index in [0.29, 0.717) is 25.8 Å². The molecule has 0 bridgehead atoms. The fourth-order valence-electron chi connectivity index (χ4n) is 3.03. The molecule has 2 amide bonds. The van der Waals surface area contributed by atoms with Crippen LogP contribution in [0.3, 0.4) is 0 Å². The number of hydrogen-bond donors (Lipinski definition) is 1. The number of amides is 2. The molecule has 0 saturated carbocycles. The van der Waals surface area contributed by atoms with Gasteiger partial charge in [-0.1, -0.05) is 83.6 Å². The first-order valence-electron chi connectivity index (χ1n) is 9.69. The first-order valence-corrected chi connectivity index (χ1v) is 12.1. The van der Waals surface area contributed by atoms with Crippen molar-refractivity contribution in [1.29, 1.82) is 0 Å². The molecule has 32 heavy (non-hydrogen) atoms. The molecule has 9 heteroatoms. The Morgan fingerprint density at radius 2 is 1.97 bits per heavy atom. The Hall–Kier alpha value is -2.52. The van der Waals surface area contributed by atoms with Crippen LogP contribution in [0.25, 0.3) is 6.08 Å². The van der Waals surface area contributed by atoms with E-state index in [1.807, 2.05) is 55.5 Å². The minimum atomic E-state index is -0.350. The highest BCUT2D eigenvalue weighted by Crippen LogP contribution is 2.32. The van der Waals surface area contributed by atoms with Crippen LogP contribution in [0.4, 0.5) is 5.13 Å². The number of rotatable bonds is 6. The number of benzene rings is 2. The summed E-state index contributed by atoms with van der Waals surface area (Å²) in [6.07, 6.45) is 4.14. The van der Waals surface area contributed by atoms with Crippen molar-refractivity contribution in [2.45, 2.75) is 13.3 Å². The summed E-state index contributed by atoms with van der Waals surface area (Å²) in [5.74, 6) is -0.620. The van der Waals surface area contributed by atoms with E-state index < -0.39 is 0 Å². The fourth-order valence-corrected chi connectivity index (χ4v) is 5.34. The molecule has 0 spiro atoms. The summed E-state index contributed by atoms with van der Waals surface area (Å²) in [7, 11) is 0. The van der Waals surface area contributed by atoms with Gasteiger partial charge in [-0.3, -0.25) is 14.5 Å². The standard InChI is InChI=1S/C23H18ClN3O2S3/c1-14-6-8-15(9-7-14)10-19-21(29)27(23(30)32-19)13-20(28)26-22-25-12-17(31-22)11-16-4-2-3-5-18(16)24/h2-10,12H,11,13H2,1H3,(H,25,26,28)/b19-10+. The lowest BCUT2D eigenvalue weighted by molar-refractivity contribution is -0.126. The molecule has 2 aromatic carbocycles. The van der Waals surface area contributed by atoms with Gasteiger partial charge < -0.3 is 5.32 Å². The van der Waals surface area contributed by atoms with Gasteiger partial charge >= 0.3 is 0 Å². The van der Waals surface area contributed by atoms with E-state index in [1.165, 1.54) is 28.0 Å². The number of carbonyl (C=O) groups is 2. The number of thiocarbonyl (C=S) groups is 1. The van der Waals surface area contributed by atoms with Crippen molar-refractivity contribution in [2.75, 3.05) is 11.9 Å². The van der Waals surface area contributed by atoms with E-state index in [2.05, 4.69) is 10.3 Å². The number of carbonyl (C=O) groups excluding carboxylic acids is 2. The zero-order chi connectivity index (χ0) is 22.7. The van der Waals surface area contributed by atoms with Gasteiger partial charge in [0.25, 0.3) is 5.91 Å². The van der Waals surface area contributed by atoms with Crippen LogP contribution >= 0.6 is 46.9 Å². The Labute approximate surface area is 204 Å². The molecule has 1 saturated heterocycles. The molecule has 0 aliphatic carbocycles. The topological polar surface area (TPSA) is 62.3 Å². The Balaban J connectivity index is 1.37. The molecule has 1 aromatic heterocycles. The van der Waals surface area contributed by atoms with Gasteiger partial charge in [-0.15, -0.1) is 11.3 Å². The van der Waals surface area contributed by atoms with Gasteiger partial charge in [-0.2, -0.15) is 0 Å². The summed E-state index contributed by atoms with van der Waals surface area (Å²) in [6.45, 7) is 1.85. The minimum absolute atomic E-state index is 0.157. The van der Waals surface area contributed by atoms with Crippen LogP contribution in [0.1, 0.15) is 21.6 Å². The largest absolute Gasteiger partial charge is 0.300 e. The lowest BCUT2D eigenvalue weighted by Gasteiger charge is -2.13. The Kier molecular flexibility index (Phi) is 7.05. The number of hydrogen-bond acceptors (Lipinski definition) is 6. The highest BCUT2D eigenvalue weighted by atomic mass is 35.5. The number of aryl methyl sites for hydroxylation is 1. The molecule has 5 nitrogen and oxygen atoms in total. The third-order valence-corrected chi connectivity index (χ3v) is 7.33. The Bertz CT molecular complexity index is 1220.